The monoisotopic (exact) mass is 359 g/mol. The third-order valence-corrected chi connectivity index (χ3v) is 4.73. The van der Waals surface area contributed by atoms with E-state index in [1.807, 2.05) is 6.92 Å². The third kappa shape index (κ3) is 3.13. The van der Waals surface area contributed by atoms with Crippen molar-refractivity contribution < 1.29 is 19.8 Å². The molecule has 2 N–H and O–H groups in total. The minimum Gasteiger partial charge on any atom is -0.464 e. The molecule has 0 fully saturated rings. The molecule has 0 amide bonds. The smallest absolute Gasteiger partial charge is 0.416 e. The van der Waals surface area contributed by atoms with E-state index in [1.165, 1.54) is 24.6 Å². The molecule has 8 heteroatoms. The lowest BCUT2D eigenvalue weighted by atomic mass is 10.1. The van der Waals surface area contributed by atoms with E-state index < -0.39 is 12.2 Å². The normalized spacial score (nSPS) is 13.2. The number of benzene rings is 1. The van der Waals surface area contributed by atoms with Crippen LogP contribution >= 0.6 is 11.3 Å². The summed E-state index contributed by atoms with van der Waals surface area (Å²) in [7, 11) is 1.47. The predicted molar refractivity (Wildman–Crippen MR) is 95.4 cm³/mol. The van der Waals surface area contributed by atoms with Crippen LogP contribution in [0.5, 0.6) is 0 Å². The van der Waals surface area contributed by atoms with Gasteiger partial charge in [0.2, 0.25) is 0 Å². The lowest BCUT2D eigenvalue weighted by molar-refractivity contribution is 0.197. The fourth-order valence-electron chi connectivity index (χ4n) is 2.66. The van der Waals surface area contributed by atoms with Crippen LogP contribution in [0.15, 0.2) is 41.0 Å². The number of aliphatic hydroxyl groups is 1. The van der Waals surface area contributed by atoms with E-state index in [1.54, 1.807) is 29.6 Å². The topological polar surface area (TPSA) is 96.9 Å². The van der Waals surface area contributed by atoms with Crippen molar-refractivity contribution >= 4 is 34.0 Å². The molecule has 0 aliphatic carbocycles. The van der Waals surface area contributed by atoms with Gasteiger partial charge in [-0.2, -0.15) is 0 Å². The van der Waals surface area contributed by atoms with Gasteiger partial charge in [0.25, 0.3) is 0 Å². The zero-order chi connectivity index (χ0) is 18.0. The summed E-state index contributed by atoms with van der Waals surface area (Å²) >= 11 is 1.29. The highest BCUT2D eigenvalue weighted by molar-refractivity contribution is 7.10. The Morgan fingerprint density at radius 1 is 1.44 bits per heavy atom. The summed E-state index contributed by atoms with van der Waals surface area (Å²) in [5.41, 5.74) is 2.35. The number of hydrogen-bond donors (Lipinski definition) is 2. The van der Waals surface area contributed by atoms with Gasteiger partial charge in [0.15, 0.2) is 0 Å². The molecule has 0 spiro atoms. The number of rotatable bonds is 5. The zero-order valence-electron chi connectivity index (χ0n) is 13.7. The lowest BCUT2D eigenvalue weighted by Gasteiger charge is -2.06. The molecule has 0 saturated heterocycles. The zero-order valence-corrected chi connectivity index (χ0v) is 14.5. The molecule has 2 aromatic heterocycles. The number of aliphatic hydroxyl groups excluding tert-OH is 1. The number of hydrogen-bond acceptors (Lipinski definition) is 6. The first kappa shape index (κ1) is 17.1. The molecule has 0 aliphatic rings. The molecule has 130 valence electrons. The number of thiazole rings is 1. The first-order chi connectivity index (χ1) is 12.1. The van der Waals surface area contributed by atoms with E-state index in [0.29, 0.717) is 39.3 Å². The van der Waals surface area contributed by atoms with Crippen molar-refractivity contribution in [1.29, 1.82) is 0 Å². The average molecular weight is 359 g/mol. The van der Waals surface area contributed by atoms with Crippen LogP contribution in [0.4, 0.5) is 4.79 Å². The molecule has 0 saturated carbocycles. The standard InChI is InChI=1S/C17H17N3O4S/c1-3-12(19-24-2)13-9-25-16(18-13)15(21)11-8-20(17(22)23)14-7-5-4-6-10(11)14/h4-9,15,21H,3H2,1-2H3,(H,22,23)/b19-12+. The molecular formula is C17H17N3O4S. The summed E-state index contributed by atoms with van der Waals surface area (Å²) in [4.78, 5) is 20.7. The van der Waals surface area contributed by atoms with Crippen molar-refractivity contribution in [3.8, 4) is 0 Å². The Morgan fingerprint density at radius 2 is 2.20 bits per heavy atom. The molecule has 0 bridgehead atoms. The van der Waals surface area contributed by atoms with Crippen LogP contribution in [-0.2, 0) is 4.84 Å². The van der Waals surface area contributed by atoms with Crippen LogP contribution in [0, 0.1) is 0 Å². The summed E-state index contributed by atoms with van der Waals surface area (Å²) in [6.07, 6.45) is -0.0476. The molecule has 3 rings (SSSR count). The van der Waals surface area contributed by atoms with E-state index >= 15 is 0 Å². The molecular weight excluding hydrogens is 342 g/mol. The Bertz CT molecular complexity index is 944. The number of para-hydroxylation sites is 1. The fourth-order valence-corrected chi connectivity index (χ4v) is 3.49. The van der Waals surface area contributed by atoms with Gasteiger partial charge in [-0.05, 0) is 12.5 Å². The Hall–Kier alpha value is -2.71. The molecule has 25 heavy (non-hydrogen) atoms. The van der Waals surface area contributed by atoms with Gasteiger partial charge in [0.05, 0.1) is 11.2 Å². The van der Waals surface area contributed by atoms with Crippen molar-refractivity contribution in [3.63, 3.8) is 0 Å². The number of aromatic nitrogens is 2. The van der Waals surface area contributed by atoms with Crippen molar-refractivity contribution in [2.45, 2.75) is 19.4 Å². The summed E-state index contributed by atoms with van der Waals surface area (Å²) in [5, 5.41) is 27.0. The second-order valence-corrected chi connectivity index (χ2v) is 6.19. The maximum Gasteiger partial charge on any atom is 0.416 e. The van der Waals surface area contributed by atoms with E-state index in [4.69, 9.17) is 4.84 Å². The molecule has 7 nitrogen and oxygen atoms in total. The number of nitrogens with zero attached hydrogens (tertiary/aromatic N) is 3. The van der Waals surface area contributed by atoms with E-state index in [-0.39, 0.29) is 0 Å². The minimum absolute atomic E-state index is 0.473. The van der Waals surface area contributed by atoms with Crippen LogP contribution in [0.2, 0.25) is 0 Å². The van der Waals surface area contributed by atoms with E-state index in [9.17, 15) is 15.0 Å². The molecule has 1 atom stereocenters. The highest BCUT2D eigenvalue weighted by Gasteiger charge is 2.22. The second-order valence-electron chi connectivity index (χ2n) is 5.30. The van der Waals surface area contributed by atoms with Gasteiger partial charge in [0, 0.05) is 22.5 Å². The van der Waals surface area contributed by atoms with Crippen LogP contribution in [0.25, 0.3) is 10.9 Å². The first-order valence-corrected chi connectivity index (χ1v) is 8.52. The van der Waals surface area contributed by atoms with E-state index in [2.05, 4.69) is 10.1 Å². The quantitative estimate of drug-likeness (QED) is 0.537. The highest BCUT2D eigenvalue weighted by atomic mass is 32.1. The van der Waals surface area contributed by atoms with Crippen LogP contribution in [0.1, 0.15) is 35.7 Å². The third-order valence-electron chi connectivity index (χ3n) is 3.83. The number of carboxylic acid groups (broad SMARTS) is 1. The van der Waals surface area contributed by atoms with Gasteiger partial charge >= 0.3 is 6.09 Å². The van der Waals surface area contributed by atoms with E-state index in [0.717, 1.165) is 4.57 Å². The van der Waals surface area contributed by atoms with Crippen molar-refractivity contribution in [1.82, 2.24) is 9.55 Å². The first-order valence-electron chi connectivity index (χ1n) is 7.64. The summed E-state index contributed by atoms with van der Waals surface area (Å²) < 4.78 is 1.10. The van der Waals surface area contributed by atoms with Gasteiger partial charge in [-0.25, -0.2) is 9.78 Å². The van der Waals surface area contributed by atoms with Crippen molar-refractivity contribution in [3.05, 3.63) is 52.1 Å². The molecule has 2 heterocycles. The number of fused-ring (bicyclic) bond motifs is 1. The number of carbonyl (C=O) groups is 1. The maximum absolute atomic E-state index is 11.4. The summed E-state index contributed by atoms with van der Waals surface area (Å²) in [5.74, 6) is 0. The van der Waals surface area contributed by atoms with Gasteiger partial charge < -0.3 is 15.1 Å². The maximum atomic E-state index is 11.4. The van der Waals surface area contributed by atoms with Crippen LogP contribution in [0.3, 0.4) is 0 Å². The summed E-state index contributed by atoms with van der Waals surface area (Å²) in [6.45, 7) is 1.94. The van der Waals surface area contributed by atoms with Gasteiger partial charge in [-0.15, -0.1) is 11.3 Å². The Labute approximate surface area is 147 Å². The fraction of sp³-hybridized carbons (Fsp3) is 0.235. The summed E-state index contributed by atoms with van der Waals surface area (Å²) in [6, 6.07) is 7.05. The average Bonchev–Trinajstić information content (AvgIpc) is 3.24. The SMILES string of the molecule is CC/C(=N\OC)c1csc(C(O)c2cn(C(=O)O)c3ccccc23)n1. The van der Waals surface area contributed by atoms with Crippen molar-refractivity contribution in [2.75, 3.05) is 7.11 Å². The van der Waals surface area contributed by atoms with Gasteiger partial charge in [0.1, 0.15) is 23.9 Å². The minimum atomic E-state index is -1.10. The number of oxime groups is 1. The predicted octanol–water partition coefficient (Wildman–Crippen LogP) is 3.47. The van der Waals surface area contributed by atoms with Gasteiger partial charge in [-0.3, -0.25) is 4.57 Å². The highest BCUT2D eigenvalue weighted by Crippen LogP contribution is 2.32. The van der Waals surface area contributed by atoms with Crippen molar-refractivity contribution in [2.24, 2.45) is 5.16 Å². The van der Waals surface area contributed by atoms with Crippen LogP contribution < -0.4 is 0 Å². The second kappa shape index (κ2) is 7.04. The molecule has 1 aromatic carbocycles. The Kier molecular flexibility index (Phi) is 4.82. The lowest BCUT2D eigenvalue weighted by Crippen LogP contribution is -2.06. The molecule has 3 aromatic rings. The van der Waals surface area contributed by atoms with Crippen LogP contribution in [-0.4, -0.2) is 38.7 Å². The molecule has 0 radical (unpaired) electrons. The van der Waals surface area contributed by atoms with Gasteiger partial charge in [-0.1, -0.05) is 30.3 Å². The molecule has 0 aliphatic heterocycles. The Morgan fingerprint density at radius 3 is 2.88 bits per heavy atom. The largest absolute Gasteiger partial charge is 0.464 e. The Balaban J connectivity index is 2.03. The molecule has 1 unspecified atom stereocenters.